The van der Waals surface area contributed by atoms with Crippen molar-refractivity contribution in [1.29, 1.82) is 0 Å². The first-order valence-corrected chi connectivity index (χ1v) is 7.12. The fourth-order valence-electron chi connectivity index (χ4n) is 1.97. The number of thiol groups is 1. The van der Waals surface area contributed by atoms with Gasteiger partial charge in [-0.2, -0.15) is 17.7 Å². The molecule has 0 unspecified atom stereocenters. The zero-order valence-electron chi connectivity index (χ0n) is 11.5. The van der Waals surface area contributed by atoms with Gasteiger partial charge in [-0.05, 0) is 24.0 Å². The maximum Gasteiger partial charge on any atom is 0.268 e. The number of likely N-dealkylation sites (N-methyl/N-ethyl adjacent to an activating group) is 1. The van der Waals surface area contributed by atoms with E-state index in [4.69, 9.17) is 4.74 Å². The Kier molecular flexibility index (Phi) is 4.52. The Labute approximate surface area is 119 Å². The van der Waals surface area contributed by atoms with Gasteiger partial charge < -0.3 is 9.64 Å². The van der Waals surface area contributed by atoms with Crippen LogP contribution in [0.15, 0.2) is 17.1 Å². The molecule has 1 aliphatic rings. The predicted octanol–water partition coefficient (Wildman–Crippen LogP) is 1.04. The summed E-state index contributed by atoms with van der Waals surface area (Å²) in [6.07, 6.45) is 4.02. The molecule has 0 radical (unpaired) electrons. The Morgan fingerprint density at radius 3 is 2.84 bits per heavy atom. The van der Waals surface area contributed by atoms with Gasteiger partial charge in [-0.15, -0.1) is 0 Å². The minimum atomic E-state index is -0.0465. The topological polar surface area (TPSA) is 47.4 Å². The number of anilines is 1. The predicted molar refractivity (Wildman–Crippen MR) is 79.2 cm³/mol. The molecule has 1 aromatic heterocycles. The van der Waals surface area contributed by atoms with E-state index in [0.29, 0.717) is 13.2 Å². The largest absolute Gasteiger partial charge is 0.383 e. The lowest BCUT2D eigenvalue weighted by Gasteiger charge is -2.19. The molecule has 0 bridgehead atoms. The smallest absolute Gasteiger partial charge is 0.268 e. The second kappa shape index (κ2) is 5.96. The van der Waals surface area contributed by atoms with Crippen molar-refractivity contribution in [3.63, 3.8) is 0 Å². The number of nitrogens with zero attached hydrogens (tertiary/aromatic N) is 3. The summed E-state index contributed by atoms with van der Waals surface area (Å²) in [4.78, 5) is 14.0. The van der Waals surface area contributed by atoms with Gasteiger partial charge in [0, 0.05) is 26.8 Å². The van der Waals surface area contributed by atoms with Gasteiger partial charge in [0.15, 0.2) is 0 Å². The average Bonchev–Trinajstić information content (AvgIpc) is 3.19. The Morgan fingerprint density at radius 1 is 1.58 bits per heavy atom. The van der Waals surface area contributed by atoms with Gasteiger partial charge in [-0.25, -0.2) is 4.68 Å². The number of hydrogen-bond acceptors (Lipinski definition) is 5. The summed E-state index contributed by atoms with van der Waals surface area (Å²) in [5.74, 6) is 0.816. The van der Waals surface area contributed by atoms with E-state index < -0.39 is 0 Å². The van der Waals surface area contributed by atoms with Gasteiger partial charge in [-0.3, -0.25) is 4.79 Å². The SMILES string of the molecule is COCCN(C)c1cnn(CC2(CS)CC2)c(=O)c1. The van der Waals surface area contributed by atoms with Crippen molar-refractivity contribution in [2.45, 2.75) is 19.4 Å². The van der Waals surface area contributed by atoms with Crippen LogP contribution in [0.5, 0.6) is 0 Å². The lowest BCUT2D eigenvalue weighted by molar-refractivity contribution is 0.206. The van der Waals surface area contributed by atoms with Crippen molar-refractivity contribution in [3.05, 3.63) is 22.6 Å². The molecule has 0 spiro atoms. The van der Waals surface area contributed by atoms with Crippen LogP contribution < -0.4 is 10.5 Å². The van der Waals surface area contributed by atoms with Crippen molar-refractivity contribution < 1.29 is 4.74 Å². The molecule has 0 amide bonds. The second-order valence-corrected chi connectivity index (χ2v) is 5.60. The zero-order valence-corrected chi connectivity index (χ0v) is 12.4. The van der Waals surface area contributed by atoms with Crippen LogP contribution in [0.3, 0.4) is 0 Å². The van der Waals surface area contributed by atoms with E-state index in [2.05, 4.69) is 17.7 Å². The molecule has 0 atom stereocenters. The molecule has 0 N–H and O–H groups in total. The highest BCUT2D eigenvalue weighted by Gasteiger charge is 2.42. The lowest BCUT2D eigenvalue weighted by Crippen LogP contribution is -2.30. The third-order valence-electron chi connectivity index (χ3n) is 3.70. The molecule has 19 heavy (non-hydrogen) atoms. The average molecular weight is 283 g/mol. The molecule has 0 aliphatic heterocycles. The number of methoxy groups -OCH3 is 1. The number of ether oxygens (including phenoxy) is 1. The lowest BCUT2D eigenvalue weighted by atomic mass is 10.1. The third kappa shape index (κ3) is 3.51. The molecule has 1 aliphatic carbocycles. The summed E-state index contributed by atoms with van der Waals surface area (Å²) in [6.45, 7) is 2.04. The second-order valence-electron chi connectivity index (χ2n) is 5.28. The van der Waals surface area contributed by atoms with Crippen molar-refractivity contribution in [2.75, 3.05) is 38.0 Å². The van der Waals surface area contributed by atoms with Gasteiger partial charge in [0.25, 0.3) is 5.56 Å². The first kappa shape index (κ1) is 14.4. The fourth-order valence-corrected chi connectivity index (χ4v) is 2.39. The standard InChI is InChI=1S/C13H21N3O2S/c1-15(5-6-18-2)11-7-12(17)16(14-8-11)9-13(10-19)3-4-13/h7-8,19H,3-6,9-10H2,1-2H3. The van der Waals surface area contributed by atoms with Crippen LogP contribution in [0.4, 0.5) is 5.69 Å². The Bertz CT molecular complexity index is 485. The van der Waals surface area contributed by atoms with E-state index in [-0.39, 0.29) is 11.0 Å². The Morgan fingerprint density at radius 2 is 2.32 bits per heavy atom. The molecule has 106 valence electrons. The molecule has 1 aromatic rings. The minimum absolute atomic E-state index is 0.0465. The minimum Gasteiger partial charge on any atom is -0.383 e. The first-order chi connectivity index (χ1) is 9.10. The van der Waals surface area contributed by atoms with Crippen LogP contribution in [0.1, 0.15) is 12.8 Å². The summed E-state index contributed by atoms with van der Waals surface area (Å²) in [7, 11) is 3.59. The number of hydrogen-bond donors (Lipinski definition) is 1. The van der Waals surface area contributed by atoms with Gasteiger partial charge >= 0.3 is 0 Å². The fraction of sp³-hybridized carbons (Fsp3) is 0.692. The Hall–Kier alpha value is -1.01. The molecular formula is C13H21N3O2S. The molecule has 0 aromatic carbocycles. The van der Waals surface area contributed by atoms with E-state index in [9.17, 15) is 4.79 Å². The number of aromatic nitrogens is 2. The molecule has 6 heteroatoms. The van der Waals surface area contributed by atoms with Crippen LogP contribution in [-0.2, 0) is 11.3 Å². The van der Waals surface area contributed by atoms with Crippen molar-refractivity contribution in [2.24, 2.45) is 5.41 Å². The Balaban J connectivity index is 2.07. The molecule has 1 fully saturated rings. The summed E-state index contributed by atoms with van der Waals surface area (Å²) in [5, 5.41) is 4.27. The van der Waals surface area contributed by atoms with Crippen molar-refractivity contribution in [3.8, 4) is 0 Å². The van der Waals surface area contributed by atoms with Crippen molar-refractivity contribution >= 4 is 18.3 Å². The maximum atomic E-state index is 12.1. The van der Waals surface area contributed by atoms with E-state index in [1.807, 2.05) is 11.9 Å². The van der Waals surface area contributed by atoms with Crippen LogP contribution in [-0.4, -0.2) is 42.8 Å². The van der Waals surface area contributed by atoms with Crippen LogP contribution in [0, 0.1) is 5.41 Å². The van der Waals surface area contributed by atoms with E-state index in [1.54, 1.807) is 24.1 Å². The molecule has 5 nitrogen and oxygen atoms in total. The summed E-state index contributed by atoms with van der Waals surface area (Å²) < 4.78 is 6.58. The summed E-state index contributed by atoms with van der Waals surface area (Å²) in [6, 6.07) is 1.64. The summed E-state index contributed by atoms with van der Waals surface area (Å²) >= 11 is 4.35. The van der Waals surface area contributed by atoms with Crippen molar-refractivity contribution in [1.82, 2.24) is 9.78 Å². The molecule has 1 heterocycles. The third-order valence-corrected chi connectivity index (χ3v) is 4.38. The highest BCUT2D eigenvalue weighted by atomic mass is 32.1. The van der Waals surface area contributed by atoms with Gasteiger partial charge in [-0.1, -0.05) is 0 Å². The highest BCUT2D eigenvalue weighted by molar-refractivity contribution is 7.80. The zero-order chi connectivity index (χ0) is 13.9. The quantitative estimate of drug-likeness (QED) is 0.760. The highest BCUT2D eigenvalue weighted by Crippen LogP contribution is 2.47. The van der Waals surface area contributed by atoms with Crippen LogP contribution >= 0.6 is 12.6 Å². The normalized spacial score (nSPS) is 16.4. The first-order valence-electron chi connectivity index (χ1n) is 6.48. The van der Waals surface area contributed by atoms with Gasteiger partial charge in [0.05, 0.1) is 25.0 Å². The maximum absolute atomic E-state index is 12.1. The number of rotatable bonds is 7. The van der Waals surface area contributed by atoms with E-state index in [0.717, 1.165) is 30.8 Å². The van der Waals surface area contributed by atoms with Gasteiger partial charge in [0.2, 0.25) is 0 Å². The van der Waals surface area contributed by atoms with Crippen LogP contribution in [0.2, 0.25) is 0 Å². The van der Waals surface area contributed by atoms with E-state index >= 15 is 0 Å². The molecule has 0 saturated heterocycles. The summed E-state index contributed by atoms with van der Waals surface area (Å²) in [5.41, 5.74) is 0.979. The van der Waals surface area contributed by atoms with E-state index in [1.165, 1.54) is 0 Å². The molecule has 2 rings (SSSR count). The monoisotopic (exact) mass is 283 g/mol. The van der Waals surface area contributed by atoms with Crippen LogP contribution in [0.25, 0.3) is 0 Å². The molecule has 1 saturated carbocycles. The van der Waals surface area contributed by atoms with Gasteiger partial charge in [0.1, 0.15) is 0 Å². The molecular weight excluding hydrogens is 262 g/mol.